The first-order chi connectivity index (χ1) is 16.8. The van der Waals surface area contributed by atoms with Gasteiger partial charge in [0.2, 0.25) is 5.78 Å². The summed E-state index contributed by atoms with van der Waals surface area (Å²) >= 11 is 1.17. The molecule has 3 N–H and O–H groups in total. The third-order valence-corrected chi connectivity index (χ3v) is 6.87. The van der Waals surface area contributed by atoms with E-state index < -0.39 is 13.0 Å². The molecule has 0 radical (unpaired) electrons. The molecule has 0 spiro atoms. The maximum Gasteiger partial charge on any atom is 0.272 e. The molecule has 1 aliphatic rings. The molecule has 0 atom stereocenters. The van der Waals surface area contributed by atoms with E-state index in [1.165, 1.54) is 41.3 Å². The summed E-state index contributed by atoms with van der Waals surface area (Å²) in [6.45, 7) is 7.87. The Bertz CT molecular complexity index is 1130. The molecule has 4 rings (SSSR count). The highest BCUT2D eigenvalue weighted by molar-refractivity contribution is 7.18. The second-order valence-electron chi connectivity index (χ2n) is 8.58. The molecule has 0 unspecified atom stereocenters. The largest absolute Gasteiger partial charge is 0.488 e. The molecule has 2 heterocycles. The van der Waals surface area contributed by atoms with Crippen molar-refractivity contribution in [1.29, 1.82) is 0 Å². The number of nitrogens with two attached hydrogens (primary N) is 1. The Morgan fingerprint density at radius 3 is 2.34 bits per heavy atom. The van der Waals surface area contributed by atoms with E-state index in [1.54, 1.807) is 0 Å². The summed E-state index contributed by atoms with van der Waals surface area (Å²) in [4.78, 5) is 22.4. The first-order valence-electron chi connectivity index (χ1n) is 11.5. The summed E-state index contributed by atoms with van der Waals surface area (Å²) in [5, 5.41) is 3.73. The van der Waals surface area contributed by atoms with E-state index in [0.29, 0.717) is 21.6 Å². The van der Waals surface area contributed by atoms with Gasteiger partial charge in [0, 0.05) is 49.2 Å². The van der Waals surface area contributed by atoms with Crippen molar-refractivity contribution in [2.45, 2.75) is 26.3 Å². The standard InChI is InChI=1S/C25H29F2N5O2S/c1-16(2)31-11-13-32(14-12-31)19-7-5-18(6-8-19)29-25-30-24(28)23(35-25)22(33)17-3-9-20(10-4-17)34-15-21(26)27/h3-10,16,21H,11-15,28H2,1-2H3,(H,29,30). The summed E-state index contributed by atoms with van der Waals surface area (Å²) in [5.74, 6) is 0.122. The molecule has 3 aromatic rings. The van der Waals surface area contributed by atoms with Gasteiger partial charge in [0.15, 0.2) is 5.13 Å². The van der Waals surface area contributed by atoms with E-state index in [2.05, 4.69) is 46.1 Å². The second-order valence-corrected chi connectivity index (χ2v) is 9.58. The van der Waals surface area contributed by atoms with Crippen LogP contribution in [-0.2, 0) is 0 Å². The Hall–Kier alpha value is -3.24. The number of anilines is 4. The van der Waals surface area contributed by atoms with Crippen LogP contribution in [0.2, 0.25) is 0 Å². The molecular weight excluding hydrogens is 472 g/mol. The molecule has 0 amide bonds. The third kappa shape index (κ3) is 6.26. The van der Waals surface area contributed by atoms with Gasteiger partial charge in [-0.15, -0.1) is 0 Å². The number of nitrogen functional groups attached to an aromatic ring is 1. The average Bonchev–Trinajstić information content (AvgIpc) is 3.22. The van der Waals surface area contributed by atoms with Crippen molar-refractivity contribution in [2.75, 3.05) is 48.7 Å². The van der Waals surface area contributed by atoms with Crippen molar-refractivity contribution < 1.29 is 18.3 Å². The van der Waals surface area contributed by atoms with Crippen molar-refractivity contribution in [2.24, 2.45) is 0 Å². The molecular formula is C25H29F2N5O2S. The number of nitrogens with one attached hydrogen (secondary N) is 1. The Morgan fingerprint density at radius 2 is 1.74 bits per heavy atom. The van der Waals surface area contributed by atoms with E-state index in [4.69, 9.17) is 10.5 Å². The van der Waals surface area contributed by atoms with Crippen LogP contribution in [-0.4, -0.2) is 60.9 Å². The molecule has 0 saturated carbocycles. The number of carbonyl (C=O) groups excluding carboxylic acids is 1. The van der Waals surface area contributed by atoms with Gasteiger partial charge in [-0.3, -0.25) is 9.69 Å². The van der Waals surface area contributed by atoms with Crippen LogP contribution in [0.5, 0.6) is 5.75 Å². The number of rotatable bonds is 9. The topological polar surface area (TPSA) is 83.7 Å². The minimum atomic E-state index is -2.56. The Morgan fingerprint density at radius 1 is 1.09 bits per heavy atom. The lowest BCUT2D eigenvalue weighted by molar-refractivity contribution is 0.0818. The lowest BCUT2D eigenvalue weighted by Gasteiger charge is -2.38. The number of nitrogens with zero attached hydrogens (tertiary/aromatic N) is 3. The maximum absolute atomic E-state index is 12.9. The third-order valence-electron chi connectivity index (χ3n) is 5.88. The number of ether oxygens (including phenoxy) is 1. The monoisotopic (exact) mass is 501 g/mol. The average molecular weight is 502 g/mol. The van der Waals surface area contributed by atoms with Gasteiger partial charge in [0.05, 0.1) is 0 Å². The summed E-state index contributed by atoms with van der Waals surface area (Å²) in [7, 11) is 0. The molecule has 1 saturated heterocycles. The number of benzene rings is 2. The second kappa shape index (κ2) is 11.0. The number of hydrogen-bond acceptors (Lipinski definition) is 8. The van der Waals surface area contributed by atoms with Crippen LogP contribution in [0.3, 0.4) is 0 Å². The fourth-order valence-corrected chi connectivity index (χ4v) is 4.78. The van der Waals surface area contributed by atoms with Gasteiger partial charge >= 0.3 is 0 Å². The molecule has 2 aromatic carbocycles. The van der Waals surface area contributed by atoms with Gasteiger partial charge in [-0.1, -0.05) is 11.3 Å². The smallest absolute Gasteiger partial charge is 0.272 e. The number of halogens is 2. The molecule has 7 nitrogen and oxygen atoms in total. The van der Waals surface area contributed by atoms with Crippen LogP contribution in [0.25, 0.3) is 0 Å². The molecule has 1 aromatic heterocycles. The SMILES string of the molecule is CC(C)N1CCN(c2ccc(Nc3nc(N)c(C(=O)c4ccc(OCC(F)F)cc4)s3)cc2)CC1. The zero-order valence-electron chi connectivity index (χ0n) is 19.7. The highest BCUT2D eigenvalue weighted by atomic mass is 32.1. The highest BCUT2D eigenvalue weighted by Crippen LogP contribution is 2.31. The number of hydrogen-bond donors (Lipinski definition) is 2. The lowest BCUT2D eigenvalue weighted by Crippen LogP contribution is -2.48. The number of alkyl halides is 2. The minimum Gasteiger partial charge on any atom is -0.488 e. The van der Waals surface area contributed by atoms with Crippen molar-refractivity contribution >= 4 is 39.4 Å². The first-order valence-corrected chi connectivity index (χ1v) is 12.3. The Kier molecular flexibility index (Phi) is 7.82. The molecule has 0 bridgehead atoms. The first kappa shape index (κ1) is 24.9. The summed E-state index contributed by atoms with van der Waals surface area (Å²) in [6, 6.07) is 14.7. The predicted octanol–water partition coefficient (Wildman–Crippen LogP) is 4.87. The highest BCUT2D eigenvalue weighted by Gasteiger charge is 2.20. The van der Waals surface area contributed by atoms with E-state index >= 15 is 0 Å². The van der Waals surface area contributed by atoms with E-state index in [9.17, 15) is 13.6 Å². The maximum atomic E-state index is 12.9. The zero-order chi connectivity index (χ0) is 24.9. The van der Waals surface area contributed by atoms with Gasteiger partial charge in [-0.25, -0.2) is 13.8 Å². The van der Waals surface area contributed by atoms with Crippen LogP contribution in [0.15, 0.2) is 48.5 Å². The summed E-state index contributed by atoms with van der Waals surface area (Å²) in [5.41, 5.74) is 8.42. The van der Waals surface area contributed by atoms with Crippen LogP contribution in [0.1, 0.15) is 29.1 Å². The Balaban J connectivity index is 1.37. The number of piperazine rings is 1. The van der Waals surface area contributed by atoms with Gasteiger partial charge in [0.25, 0.3) is 6.43 Å². The minimum absolute atomic E-state index is 0.139. The van der Waals surface area contributed by atoms with Crippen molar-refractivity contribution in [3.8, 4) is 5.75 Å². The van der Waals surface area contributed by atoms with Crippen molar-refractivity contribution in [3.05, 3.63) is 59.0 Å². The number of carbonyl (C=O) groups is 1. The zero-order valence-corrected chi connectivity index (χ0v) is 20.5. The van der Waals surface area contributed by atoms with Gasteiger partial charge in [-0.05, 0) is 62.4 Å². The van der Waals surface area contributed by atoms with Gasteiger partial charge in [0.1, 0.15) is 23.1 Å². The van der Waals surface area contributed by atoms with E-state index in [1.807, 2.05) is 12.1 Å². The van der Waals surface area contributed by atoms with E-state index in [0.717, 1.165) is 31.9 Å². The molecule has 186 valence electrons. The van der Waals surface area contributed by atoms with Crippen LogP contribution in [0.4, 0.5) is 31.1 Å². The lowest BCUT2D eigenvalue weighted by atomic mass is 10.1. The predicted molar refractivity (Wildman–Crippen MR) is 137 cm³/mol. The van der Waals surface area contributed by atoms with Crippen LogP contribution >= 0.6 is 11.3 Å². The fourth-order valence-electron chi connectivity index (χ4n) is 3.92. The number of aromatic nitrogens is 1. The van der Waals surface area contributed by atoms with E-state index in [-0.39, 0.29) is 17.4 Å². The summed E-state index contributed by atoms with van der Waals surface area (Å²) in [6.07, 6.45) is -2.56. The molecule has 1 fully saturated rings. The Labute approximate surface area is 207 Å². The normalized spacial score (nSPS) is 14.5. The van der Waals surface area contributed by atoms with Gasteiger partial charge < -0.3 is 20.7 Å². The van der Waals surface area contributed by atoms with Crippen molar-refractivity contribution in [1.82, 2.24) is 9.88 Å². The van der Waals surface area contributed by atoms with Crippen LogP contribution in [0, 0.1) is 0 Å². The summed E-state index contributed by atoms with van der Waals surface area (Å²) < 4.78 is 29.5. The molecule has 35 heavy (non-hydrogen) atoms. The van der Waals surface area contributed by atoms with Crippen molar-refractivity contribution in [3.63, 3.8) is 0 Å². The fraction of sp³-hybridized carbons (Fsp3) is 0.360. The number of thiazole rings is 1. The van der Waals surface area contributed by atoms with Gasteiger partial charge in [-0.2, -0.15) is 0 Å². The molecule has 0 aliphatic carbocycles. The van der Waals surface area contributed by atoms with Crippen LogP contribution < -0.4 is 20.7 Å². The number of ketones is 1. The quantitative estimate of drug-likeness (QED) is 0.405. The molecule has 1 aliphatic heterocycles. The molecule has 10 heteroatoms.